The Morgan fingerprint density at radius 3 is 2.68 bits per heavy atom. The zero-order valence-electron chi connectivity index (χ0n) is 16.7. The van der Waals surface area contributed by atoms with E-state index in [9.17, 15) is 0 Å². The van der Waals surface area contributed by atoms with E-state index >= 15 is 0 Å². The topological polar surface area (TPSA) is 88.1 Å². The lowest BCUT2D eigenvalue weighted by molar-refractivity contribution is 0.200. The second kappa shape index (κ2) is 7.66. The van der Waals surface area contributed by atoms with Gasteiger partial charge in [0, 0.05) is 5.92 Å². The Kier molecular flexibility index (Phi) is 5.07. The van der Waals surface area contributed by atoms with Crippen LogP contribution in [0.4, 0.5) is 5.82 Å². The quantitative estimate of drug-likeness (QED) is 0.697. The van der Waals surface area contributed by atoms with E-state index in [1.807, 2.05) is 22.8 Å². The highest BCUT2D eigenvalue weighted by molar-refractivity contribution is 5.65. The maximum Gasteiger partial charge on any atom is 0.166 e. The summed E-state index contributed by atoms with van der Waals surface area (Å²) >= 11 is 0. The van der Waals surface area contributed by atoms with Crippen LogP contribution in [0.5, 0.6) is 11.5 Å². The van der Waals surface area contributed by atoms with E-state index < -0.39 is 0 Å². The number of rotatable bonds is 6. The normalized spacial score (nSPS) is 14.9. The predicted molar refractivity (Wildman–Crippen MR) is 108 cm³/mol. The van der Waals surface area contributed by atoms with Gasteiger partial charge in [-0.05, 0) is 43.4 Å². The van der Waals surface area contributed by atoms with Crippen LogP contribution in [-0.4, -0.2) is 32.7 Å². The first-order valence-electron chi connectivity index (χ1n) is 9.87. The van der Waals surface area contributed by atoms with Crippen molar-refractivity contribution in [3.63, 3.8) is 0 Å². The SMILES string of the molecule is COc1ccc(Cn2cnc(N)c3nc(C(C)C)nc2-3)cc1OC1CCCC1. The van der Waals surface area contributed by atoms with Crippen LogP contribution in [-0.2, 0) is 6.54 Å². The molecule has 2 heterocycles. The van der Waals surface area contributed by atoms with Gasteiger partial charge in [-0.15, -0.1) is 0 Å². The van der Waals surface area contributed by atoms with Crippen molar-refractivity contribution in [2.45, 2.75) is 58.1 Å². The van der Waals surface area contributed by atoms with E-state index in [1.165, 1.54) is 12.8 Å². The standard InChI is InChI=1S/C21H27N5O2/c1-13(2)20-24-18-19(22)23-12-26(21(18)25-20)11-14-8-9-16(27-3)17(10-14)28-15-6-4-5-7-15/h8-10,12-13,15H,4-7,11,22H2,1-3H3. The Morgan fingerprint density at radius 2 is 1.96 bits per heavy atom. The van der Waals surface area contributed by atoms with Crippen LogP contribution in [0.25, 0.3) is 11.5 Å². The number of ether oxygens (including phenoxy) is 2. The Balaban J connectivity index is 1.64. The first kappa shape index (κ1) is 18.5. The highest BCUT2D eigenvalue weighted by Gasteiger charge is 2.21. The summed E-state index contributed by atoms with van der Waals surface area (Å²) in [5.74, 6) is 3.73. The number of hydrogen-bond donors (Lipinski definition) is 1. The Morgan fingerprint density at radius 1 is 1.18 bits per heavy atom. The molecule has 0 atom stereocenters. The molecule has 2 aliphatic heterocycles. The lowest BCUT2D eigenvalue weighted by Crippen LogP contribution is -2.12. The van der Waals surface area contributed by atoms with Gasteiger partial charge >= 0.3 is 0 Å². The van der Waals surface area contributed by atoms with Gasteiger partial charge in [0.15, 0.2) is 28.8 Å². The molecule has 148 valence electrons. The lowest BCUT2D eigenvalue weighted by Gasteiger charge is -2.17. The Hall–Kier alpha value is -2.83. The van der Waals surface area contributed by atoms with Crippen molar-refractivity contribution >= 4 is 5.82 Å². The third-order valence-corrected chi connectivity index (χ3v) is 5.20. The molecule has 0 bridgehead atoms. The predicted octanol–water partition coefficient (Wildman–Crippen LogP) is 3.86. The monoisotopic (exact) mass is 381 g/mol. The third-order valence-electron chi connectivity index (χ3n) is 5.20. The molecular weight excluding hydrogens is 354 g/mol. The summed E-state index contributed by atoms with van der Waals surface area (Å²) < 4.78 is 13.7. The molecule has 7 heteroatoms. The summed E-state index contributed by atoms with van der Waals surface area (Å²) in [6, 6.07) is 6.04. The van der Waals surface area contributed by atoms with Crippen LogP contribution in [0, 0.1) is 0 Å². The molecule has 7 nitrogen and oxygen atoms in total. The Labute approximate surface area is 165 Å². The van der Waals surface area contributed by atoms with Gasteiger partial charge in [-0.25, -0.2) is 15.0 Å². The number of imidazole rings is 1. The number of nitrogen functional groups attached to an aromatic ring is 1. The number of benzene rings is 1. The largest absolute Gasteiger partial charge is 0.493 e. The number of methoxy groups -OCH3 is 1. The van der Waals surface area contributed by atoms with Crippen molar-refractivity contribution in [1.29, 1.82) is 0 Å². The third kappa shape index (κ3) is 3.61. The van der Waals surface area contributed by atoms with Crippen molar-refractivity contribution in [3.8, 4) is 23.0 Å². The molecule has 1 aromatic carbocycles. The Bertz CT molecular complexity index is 931. The van der Waals surface area contributed by atoms with E-state index in [0.717, 1.165) is 41.6 Å². The van der Waals surface area contributed by atoms with Crippen LogP contribution in [0.1, 0.15) is 56.8 Å². The van der Waals surface area contributed by atoms with Crippen molar-refractivity contribution in [2.24, 2.45) is 0 Å². The number of anilines is 1. The second-order valence-corrected chi connectivity index (χ2v) is 7.68. The van der Waals surface area contributed by atoms with Crippen molar-refractivity contribution in [2.75, 3.05) is 12.8 Å². The van der Waals surface area contributed by atoms with Gasteiger partial charge in [0.1, 0.15) is 5.82 Å². The molecule has 1 aromatic rings. The first-order valence-corrected chi connectivity index (χ1v) is 9.87. The molecule has 1 saturated carbocycles. The summed E-state index contributed by atoms with van der Waals surface area (Å²) in [5, 5.41) is 0. The summed E-state index contributed by atoms with van der Waals surface area (Å²) in [6.45, 7) is 4.74. The minimum atomic E-state index is 0.229. The van der Waals surface area contributed by atoms with Gasteiger partial charge in [0.05, 0.1) is 26.1 Å². The van der Waals surface area contributed by atoms with Crippen molar-refractivity contribution in [1.82, 2.24) is 19.5 Å². The summed E-state index contributed by atoms with van der Waals surface area (Å²) in [6.07, 6.45) is 6.66. The van der Waals surface area contributed by atoms with Crippen LogP contribution < -0.4 is 15.2 Å². The zero-order valence-corrected chi connectivity index (χ0v) is 16.7. The molecule has 1 fully saturated rings. The summed E-state index contributed by atoms with van der Waals surface area (Å²) in [5.41, 5.74) is 7.76. The average molecular weight is 381 g/mol. The smallest absolute Gasteiger partial charge is 0.166 e. The lowest BCUT2D eigenvalue weighted by atomic mass is 10.2. The average Bonchev–Trinajstić information content (AvgIpc) is 3.35. The van der Waals surface area contributed by atoms with Crippen LogP contribution in [0.2, 0.25) is 0 Å². The fourth-order valence-electron chi connectivity index (χ4n) is 3.64. The molecule has 4 rings (SSSR count). The highest BCUT2D eigenvalue weighted by atomic mass is 16.5. The number of hydrogen-bond acceptors (Lipinski definition) is 6. The molecule has 0 radical (unpaired) electrons. The van der Waals surface area contributed by atoms with E-state index in [-0.39, 0.29) is 12.0 Å². The molecule has 0 unspecified atom stereocenters. The van der Waals surface area contributed by atoms with Crippen molar-refractivity contribution in [3.05, 3.63) is 35.9 Å². The van der Waals surface area contributed by atoms with E-state index in [4.69, 9.17) is 15.2 Å². The number of nitrogens with zero attached hydrogens (tertiary/aromatic N) is 4. The molecule has 28 heavy (non-hydrogen) atoms. The molecule has 3 aliphatic rings. The van der Waals surface area contributed by atoms with Gasteiger partial charge < -0.3 is 19.8 Å². The minimum absolute atomic E-state index is 0.229. The zero-order chi connectivity index (χ0) is 19.7. The molecule has 0 saturated heterocycles. The first-order chi connectivity index (χ1) is 13.5. The maximum absolute atomic E-state index is 6.22. The fraction of sp³-hybridized carbons (Fsp3) is 0.476. The molecular formula is C21H27N5O2. The van der Waals surface area contributed by atoms with Gasteiger partial charge in [-0.1, -0.05) is 19.9 Å². The number of nitrogens with two attached hydrogens (primary N) is 1. The van der Waals surface area contributed by atoms with Gasteiger partial charge in [-0.2, -0.15) is 0 Å². The van der Waals surface area contributed by atoms with E-state index in [0.29, 0.717) is 18.1 Å². The van der Waals surface area contributed by atoms with Gasteiger partial charge in [0.25, 0.3) is 0 Å². The molecule has 0 amide bonds. The molecule has 0 spiro atoms. The molecule has 1 aliphatic carbocycles. The van der Waals surface area contributed by atoms with Crippen LogP contribution >= 0.6 is 0 Å². The fourth-order valence-corrected chi connectivity index (χ4v) is 3.64. The molecule has 2 N–H and O–H groups in total. The van der Waals surface area contributed by atoms with Crippen molar-refractivity contribution < 1.29 is 9.47 Å². The van der Waals surface area contributed by atoms with E-state index in [2.05, 4.69) is 28.8 Å². The van der Waals surface area contributed by atoms with Crippen LogP contribution in [0.3, 0.4) is 0 Å². The number of aromatic nitrogens is 4. The number of fused-ring (bicyclic) bond motifs is 1. The van der Waals surface area contributed by atoms with E-state index in [1.54, 1.807) is 13.4 Å². The summed E-state index contributed by atoms with van der Waals surface area (Å²) in [7, 11) is 1.67. The second-order valence-electron chi connectivity index (χ2n) is 7.68. The van der Waals surface area contributed by atoms with Crippen LogP contribution in [0.15, 0.2) is 24.5 Å². The van der Waals surface area contributed by atoms with Gasteiger partial charge in [-0.3, -0.25) is 0 Å². The van der Waals surface area contributed by atoms with Gasteiger partial charge in [0.2, 0.25) is 0 Å². The maximum atomic E-state index is 6.22. The minimum Gasteiger partial charge on any atom is -0.493 e. The highest BCUT2D eigenvalue weighted by Crippen LogP contribution is 2.33. The summed E-state index contributed by atoms with van der Waals surface area (Å²) in [4.78, 5) is 13.5. The molecule has 0 aromatic heterocycles.